The number of nitrogen functional groups attached to an aromatic ring is 1. The molecule has 1 amide bonds. The van der Waals surface area contributed by atoms with Crippen molar-refractivity contribution in [1.29, 1.82) is 5.26 Å². The van der Waals surface area contributed by atoms with Crippen LogP contribution in [-0.2, 0) is 4.79 Å². The van der Waals surface area contributed by atoms with E-state index in [1.165, 1.54) is 25.0 Å². The van der Waals surface area contributed by atoms with Crippen molar-refractivity contribution in [2.75, 3.05) is 50.0 Å². The zero-order valence-corrected chi connectivity index (χ0v) is 30.5. The molecule has 0 bridgehead atoms. The van der Waals surface area contributed by atoms with Crippen LogP contribution in [0.4, 0.5) is 24.0 Å². The SMILES string of the molecule is N#Cc1c(N)sc2c(F)ccc(-c3c(Cl)cc4c(N5CCC6(CC5)CCN6C(=O)[C@@H]5N[C@H]5C5CC5)nc(OC[C@@]56CCCN5C[C@H](F)C6)nc4c3F)c12. The van der Waals surface area contributed by atoms with Crippen LogP contribution in [-0.4, -0.2) is 94.3 Å². The van der Waals surface area contributed by atoms with Gasteiger partial charge in [0.25, 0.3) is 0 Å². The lowest BCUT2D eigenvalue weighted by Crippen LogP contribution is -2.67. The summed E-state index contributed by atoms with van der Waals surface area (Å²) in [7, 11) is 0. The van der Waals surface area contributed by atoms with E-state index in [4.69, 9.17) is 27.1 Å². The second kappa shape index (κ2) is 12.1. The van der Waals surface area contributed by atoms with E-state index < -0.39 is 23.3 Å². The molecule has 15 heteroatoms. The number of carbonyl (C=O) groups is 1. The number of ether oxygens (including phenoxy) is 1. The predicted molar refractivity (Wildman–Crippen MR) is 197 cm³/mol. The Morgan fingerprint density at radius 3 is 2.68 bits per heavy atom. The topological polar surface area (TPSA) is 134 Å². The molecule has 6 aliphatic rings. The van der Waals surface area contributed by atoms with Gasteiger partial charge < -0.3 is 20.3 Å². The van der Waals surface area contributed by atoms with Crippen molar-refractivity contribution in [3.05, 3.63) is 40.4 Å². The molecule has 4 atom stereocenters. The summed E-state index contributed by atoms with van der Waals surface area (Å²) in [6.45, 7) is 3.21. The Labute approximate surface area is 313 Å². The van der Waals surface area contributed by atoms with Gasteiger partial charge in [-0.1, -0.05) is 17.7 Å². The summed E-state index contributed by atoms with van der Waals surface area (Å²) in [5, 5.41) is 14.1. The average Bonchev–Trinajstić information content (AvgIpc) is 4.04. The Balaban J connectivity index is 1.03. The Bertz CT molecular complexity index is 2250. The number of nitrogens with two attached hydrogens (primary N) is 1. The molecular formula is C38H38ClF3N8O2S. The van der Waals surface area contributed by atoms with Gasteiger partial charge in [-0.25, -0.2) is 13.2 Å². The summed E-state index contributed by atoms with van der Waals surface area (Å²) in [6.07, 6.45) is 5.93. The van der Waals surface area contributed by atoms with Crippen LogP contribution in [0.1, 0.15) is 56.9 Å². The van der Waals surface area contributed by atoms with Crippen LogP contribution in [0.5, 0.6) is 6.01 Å². The summed E-state index contributed by atoms with van der Waals surface area (Å²) < 4.78 is 53.2. The number of anilines is 2. The summed E-state index contributed by atoms with van der Waals surface area (Å²) in [4.78, 5) is 29.3. The molecule has 1 aliphatic carbocycles. The Kier molecular flexibility index (Phi) is 7.65. The van der Waals surface area contributed by atoms with E-state index in [1.54, 1.807) is 6.07 Å². The van der Waals surface area contributed by atoms with E-state index in [9.17, 15) is 18.8 Å². The Hall–Kier alpha value is -3.90. The monoisotopic (exact) mass is 762 g/mol. The number of halogens is 4. The van der Waals surface area contributed by atoms with Gasteiger partial charge in [0.15, 0.2) is 5.82 Å². The van der Waals surface area contributed by atoms with Crippen molar-refractivity contribution in [3.8, 4) is 23.2 Å². The third kappa shape index (κ3) is 5.21. The highest BCUT2D eigenvalue weighted by Gasteiger charge is 2.57. The first-order valence-electron chi connectivity index (χ1n) is 18.5. The van der Waals surface area contributed by atoms with Crippen molar-refractivity contribution < 1.29 is 22.7 Å². The molecule has 1 spiro atoms. The van der Waals surface area contributed by atoms with Crippen molar-refractivity contribution in [2.24, 2.45) is 5.92 Å². The fourth-order valence-electron chi connectivity index (χ4n) is 9.82. The number of likely N-dealkylation sites (tertiary alicyclic amines) is 1. The molecular weight excluding hydrogens is 725 g/mol. The minimum Gasteiger partial charge on any atom is -0.461 e. The zero-order valence-electron chi connectivity index (χ0n) is 28.9. The molecule has 3 N–H and O–H groups in total. The first kappa shape index (κ1) is 33.7. The van der Waals surface area contributed by atoms with E-state index in [0.29, 0.717) is 49.2 Å². The van der Waals surface area contributed by atoms with Crippen LogP contribution < -0.4 is 20.7 Å². The van der Waals surface area contributed by atoms with Crippen LogP contribution in [0, 0.1) is 28.9 Å². The summed E-state index contributed by atoms with van der Waals surface area (Å²) in [5.41, 5.74) is 5.62. The van der Waals surface area contributed by atoms with E-state index in [1.807, 2.05) is 6.07 Å². The third-order valence-corrected chi connectivity index (χ3v) is 14.2. The number of rotatable bonds is 7. The molecule has 2 aromatic heterocycles. The summed E-state index contributed by atoms with van der Waals surface area (Å²) in [6, 6.07) is 6.50. The van der Waals surface area contributed by atoms with E-state index in [-0.39, 0.29) is 72.4 Å². The quantitative estimate of drug-likeness (QED) is 0.212. The molecule has 0 radical (unpaired) electrons. The van der Waals surface area contributed by atoms with Crippen LogP contribution in [0.2, 0.25) is 5.02 Å². The molecule has 53 heavy (non-hydrogen) atoms. The van der Waals surface area contributed by atoms with Gasteiger partial charge in [0, 0.05) is 60.5 Å². The number of hydrogen-bond acceptors (Lipinski definition) is 10. The number of thiophene rings is 1. The van der Waals surface area contributed by atoms with Gasteiger partial charge in [-0.05, 0) is 75.1 Å². The fourth-order valence-corrected chi connectivity index (χ4v) is 11.1. The molecule has 1 saturated carbocycles. The standard InChI is InChI=1S/C38H38ClF3N8O2S/c39-24-14-22-30(28(42)27(24)21-4-5-25(41)32-26(21)23(16-43)33(44)53-32)46-36(52-18-38-6-1-10-49(38)17-20(40)15-38)47-34(22)48-11-7-37(8-12-48)9-13-50(37)35(51)31-29(45-31)19-2-3-19/h4-5,14,19-20,29,31,45H,1-3,6-13,15,17-18,44H2/t20-,29+,31-,38+/m1/s1. The predicted octanol–water partition coefficient (Wildman–Crippen LogP) is 6.17. The number of benzene rings is 2. The number of nitriles is 1. The highest BCUT2D eigenvalue weighted by Crippen LogP contribution is 2.48. The molecule has 2 aromatic carbocycles. The Morgan fingerprint density at radius 2 is 1.94 bits per heavy atom. The molecule has 4 aromatic rings. The van der Waals surface area contributed by atoms with E-state index >= 15 is 4.39 Å². The number of nitrogens with zero attached hydrogens (tertiary/aromatic N) is 6. The maximum absolute atomic E-state index is 17.2. The minimum atomic E-state index is -0.944. The molecule has 5 aliphatic heterocycles. The normalized spacial score (nSPS) is 27.7. The van der Waals surface area contributed by atoms with E-state index in [2.05, 4.69) is 25.0 Å². The number of aromatic nitrogens is 2. The average molecular weight is 763 g/mol. The van der Waals surface area contributed by atoms with Crippen LogP contribution in [0.3, 0.4) is 0 Å². The third-order valence-electron chi connectivity index (χ3n) is 12.9. The second-order valence-corrected chi connectivity index (χ2v) is 17.3. The van der Waals surface area contributed by atoms with Gasteiger partial charge in [-0.3, -0.25) is 15.0 Å². The first-order valence-corrected chi connectivity index (χ1v) is 19.7. The first-order chi connectivity index (χ1) is 25.6. The summed E-state index contributed by atoms with van der Waals surface area (Å²) in [5.74, 6) is -0.0463. The summed E-state index contributed by atoms with van der Waals surface area (Å²) >= 11 is 7.85. The maximum atomic E-state index is 17.2. The van der Waals surface area contributed by atoms with Gasteiger partial charge in [0.1, 0.15) is 47.0 Å². The lowest BCUT2D eigenvalue weighted by molar-refractivity contribution is -0.149. The van der Waals surface area contributed by atoms with Crippen molar-refractivity contribution in [3.63, 3.8) is 0 Å². The number of fused-ring (bicyclic) bond motifs is 3. The highest BCUT2D eigenvalue weighted by atomic mass is 35.5. The molecule has 276 valence electrons. The number of amides is 1. The highest BCUT2D eigenvalue weighted by molar-refractivity contribution is 7.23. The molecule has 7 heterocycles. The fraction of sp³-hybridized carbons (Fsp3) is 0.526. The lowest BCUT2D eigenvalue weighted by Gasteiger charge is -2.56. The van der Waals surface area contributed by atoms with Gasteiger partial charge >= 0.3 is 6.01 Å². The molecule has 0 unspecified atom stereocenters. The van der Waals surface area contributed by atoms with Crippen LogP contribution in [0.25, 0.3) is 32.1 Å². The number of piperidine rings is 1. The van der Waals surface area contributed by atoms with Gasteiger partial charge in [0.2, 0.25) is 5.91 Å². The number of carbonyl (C=O) groups excluding carboxylic acids is 1. The number of alkyl halides is 1. The van der Waals surface area contributed by atoms with E-state index in [0.717, 1.165) is 56.5 Å². The molecule has 10 rings (SSSR count). The largest absolute Gasteiger partial charge is 0.461 e. The maximum Gasteiger partial charge on any atom is 0.319 e. The van der Waals surface area contributed by atoms with Crippen molar-refractivity contribution in [2.45, 2.75) is 80.7 Å². The number of nitrogens with one attached hydrogen (secondary N) is 1. The number of hydrogen-bond donors (Lipinski definition) is 2. The molecule has 6 fully saturated rings. The van der Waals surface area contributed by atoms with Gasteiger partial charge in [0.05, 0.1) is 20.8 Å². The zero-order chi connectivity index (χ0) is 36.4. The minimum absolute atomic E-state index is 0.0309. The lowest BCUT2D eigenvalue weighted by atomic mass is 9.76. The Morgan fingerprint density at radius 1 is 1.15 bits per heavy atom. The van der Waals surface area contributed by atoms with Crippen molar-refractivity contribution in [1.82, 2.24) is 25.1 Å². The van der Waals surface area contributed by atoms with Crippen LogP contribution >= 0.6 is 22.9 Å². The van der Waals surface area contributed by atoms with Crippen molar-refractivity contribution >= 4 is 60.7 Å². The van der Waals surface area contributed by atoms with Gasteiger partial charge in [-0.15, -0.1) is 11.3 Å². The molecule has 5 saturated heterocycles. The molecule has 10 nitrogen and oxygen atoms in total. The van der Waals surface area contributed by atoms with Gasteiger partial charge in [-0.2, -0.15) is 15.2 Å². The second-order valence-electron chi connectivity index (χ2n) is 15.8. The smallest absolute Gasteiger partial charge is 0.319 e. The van der Waals surface area contributed by atoms with Crippen LogP contribution in [0.15, 0.2) is 18.2 Å².